The summed E-state index contributed by atoms with van der Waals surface area (Å²) in [6.07, 6.45) is 4.67. The average molecular weight is 495 g/mol. The van der Waals surface area contributed by atoms with Crippen molar-refractivity contribution in [2.75, 3.05) is 0 Å². The zero-order valence-corrected chi connectivity index (χ0v) is 23.0. The third kappa shape index (κ3) is 2.78. The molecule has 0 saturated heterocycles. The Bertz CT molecular complexity index is 977. The fraction of sp³-hybridized carbons (Fsp3) is 0.304. The summed E-state index contributed by atoms with van der Waals surface area (Å²) in [4.78, 5) is 0. The summed E-state index contributed by atoms with van der Waals surface area (Å²) in [7, 11) is 16.7. The van der Waals surface area contributed by atoms with Crippen molar-refractivity contribution in [3.8, 4) is 0 Å². The Balaban J connectivity index is 2.01. The number of halogens is 2. The van der Waals surface area contributed by atoms with Gasteiger partial charge in [0.25, 0.3) is 0 Å². The Morgan fingerprint density at radius 2 is 1.11 bits per heavy atom. The summed E-state index contributed by atoms with van der Waals surface area (Å²) < 4.78 is 2.63. The molecule has 0 spiro atoms. The Kier molecular flexibility index (Phi) is 4.13. The molecular weight excluding hydrogens is 466 g/mol. The van der Waals surface area contributed by atoms with E-state index < -0.39 is 14.1 Å². The van der Waals surface area contributed by atoms with Crippen LogP contribution in [0.2, 0.25) is 4.63 Å². The van der Waals surface area contributed by atoms with E-state index in [1.165, 1.54) is 44.5 Å². The zero-order chi connectivity index (χ0) is 19.8. The van der Waals surface area contributed by atoms with Crippen molar-refractivity contribution in [2.45, 2.75) is 39.6 Å². The van der Waals surface area contributed by atoms with Crippen LogP contribution in [0.3, 0.4) is 0 Å². The Labute approximate surface area is 170 Å². The molecule has 0 heterocycles. The fourth-order valence-corrected chi connectivity index (χ4v) is 37.1. The van der Waals surface area contributed by atoms with Crippen molar-refractivity contribution in [2.24, 2.45) is 0 Å². The molecule has 0 nitrogen and oxygen atoms in total. The standard InChI is InChI=1S/2C11H11.CH3.2ClH.H3Si.Zr/c2*1-8-6-10-5-3-4-9(2)11(10)7-8;;;;;/h2*3-7H,1-2H3;1H3;2*1H;1H3;/q;;;;;;+2/p-2. The molecule has 2 aromatic carbocycles. The van der Waals surface area contributed by atoms with Crippen LogP contribution >= 0.6 is 17.0 Å². The van der Waals surface area contributed by atoms with Crippen molar-refractivity contribution < 1.29 is 14.1 Å². The van der Waals surface area contributed by atoms with E-state index in [2.05, 4.69) is 80.9 Å². The van der Waals surface area contributed by atoms with Crippen molar-refractivity contribution in [1.82, 2.24) is 0 Å². The number of hydrogen-bond donors (Lipinski definition) is 0. The summed E-state index contributed by atoms with van der Waals surface area (Å²) in [6, 6.07) is 13.2. The molecule has 2 aliphatic rings. The molecule has 2 unspecified atom stereocenters. The van der Waals surface area contributed by atoms with E-state index in [0.29, 0.717) is 0 Å². The maximum absolute atomic E-state index is 7.96. The Morgan fingerprint density at radius 3 is 1.48 bits per heavy atom. The van der Waals surface area contributed by atoms with Gasteiger partial charge in [-0.2, -0.15) is 0 Å². The van der Waals surface area contributed by atoms with Gasteiger partial charge in [0.15, 0.2) is 0 Å². The first-order valence-electron chi connectivity index (χ1n) is 9.75. The maximum atomic E-state index is 7.96. The molecule has 142 valence electrons. The van der Waals surface area contributed by atoms with Gasteiger partial charge in [-0.15, -0.1) is 0 Å². The quantitative estimate of drug-likeness (QED) is 0.404. The van der Waals surface area contributed by atoms with Crippen LogP contribution in [-0.2, 0) is 14.1 Å². The van der Waals surface area contributed by atoms with Crippen LogP contribution in [0.25, 0.3) is 12.2 Å². The molecule has 2 aliphatic carbocycles. The first-order valence-corrected chi connectivity index (χ1v) is 29.8. The number of benzene rings is 2. The molecule has 0 bridgehead atoms. The van der Waals surface area contributed by atoms with Crippen molar-refractivity contribution in [3.05, 3.63) is 80.9 Å². The van der Waals surface area contributed by atoms with Gasteiger partial charge in [0.2, 0.25) is 0 Å². The third-order valence-electron chi connectivity index (χ3n) is 6.92. The summed E-state index contributed by atoms with van der Waals surface area (Å²) >= 11 is -4.78. The van der Waals surface area contributed by atoms with Crippen LogP contribution in [-0.4, -0.2) is 7.37 Å². The van der Waals surface area contributed by atoms with Crippen molar-refractivity contribution in [3.63, 3.8) is 0 Å². The topological polar surface area (TPSA) is 0 Å². The number of aryl methyl sites for hydroxylation is 2. The minimum atomic E-state index is -4.78. The minimum absolute atomic E-state index is 0.163. The van der Waals surface area contributed by atoms with Gasteiger partial charge in [0.05, 0.1) is 0 Å². The van der Waals surface area contributed by atoms with Crippen molar-refractivity contribution in [1.29, 1.82) is 0 Å². The molecule has 2 aromatic rings. The van der Waals surface area contributed by atoms with Gasteiger partial charge in [0, 0.05) is 0 Å². The van der Waals surface area contributed by atoms with Crippen molar-refractivity contribution >= 4 is 36.5 Å². The van der Waals surface area contributed by atoms with E-state index in [-0.39, 0.29) is 7.25 Å². The van der Waals surface area contributed by atoms with Gasteiger partial charge in [-0.25, -0.2) is 0 Å². The van der Waals surface area contributed by atoms with Gasteiger partial charge < -0.3 is 0 Å². The van der Waals surface area contributed by atoms with E-state index in [4.69, 9.17) is 17.0 Å². The molecule has 4 rings (SSSR count). The zero-order valence-electron chi connectivity index (χ0n) is 17.0. The normalized spacial score (nSPS) is 24.0. The summed E-state index contributed by atoms with van der Waals surface area (Å²) in [6.45, 7) is 8.83. The average Bonchev–Trinajstić information content (AvgIpc) is 3.06. The van der Waals surface area contributed by atoms with Crippen LogP contribution in [0.1, 0.15) is 54.5 Å². The van der Waals surface area contributed by atoms with E-state index in [9.17, 15) is 0 Å². The predicted molar refractivity (Wildman–Crippen MR) is 123 cm³/mol. The second-order valence-corrected chi connectivity index (χ2v) is 71.5. The summed E-state index contributed by atoms with van der Waals surface area (Å²) in [5.41, 5.74) is 10.7. The molecule has 0 amide bonds. The van der Waals surface area contributed by atoms with Crippen LogP contribution in [0, 0.1) is 13.8 Å². The molecule has 27 heavy (non-hydrogen) atoms. The van der Waals surface area contributed by atoms with Crippen LogP contribution < -0.4 is 0 Å². The van der Waals surface area contributed by atoms with Gasteiger partial charge in [-0.1, -0.05) is 0 Å². The van der Waals surface area contributed by atoms with Crippen LogP contribution in [0.4, 0.5) is 0 Å². The molecule has 0 fully saturated rings. The van der Waals surface area contributed by atoms with E-state index in [1.807, 2.05) is 0 Å². The first kappa shape index (κ1) is 19.9. The second kappa shape index (κ2) is 5.60. The summed E-state index contributed by atoms with van der Waals surface area (Å²) in [5.74, 6) is 0. The molecular formula is C23H28Cl2SiZr. The van der Waals surface area contributed by atoms with E-state index in [0.717, 1.165) is 7.37 Å². The molecule has 2 atom stereocenters. The predicted octanol–water partition coefficient (Wildman–Crippen LogP) is 6.78. The molecule has 0 saturated carbocycles. The molecule has 0 radical (unpaired) electrons. The Hall–Kier alpha value is -0.400. The molecule has 0 aromatic heterocycles. The Morgan fingerprint density at radius 1 is 0.741 bits per heavy atom. The number of hydrogen-bond acceptors (Lipinski definition) is 0. The molecule has 0 aliphatic heterocycles. The third-order valence-corrected chi connectivity index (χ3v) is 32.1. The van der Waals surface area contributed by atoms with Gasteiger partial charge in [-0.3, -0.25) is 0 Å². The van der Waals surface area contributed by atoms with Gasteiger partial charge in [-0.05, 0) is 0 Å². The fourth-order valence-electron chi connectivity index (χ4n) is 6.14. The van der Waals surface area contributed by atoms with Gasteiger partial charge >= 0.3 is 171 Å². The van der Waals surface area contributed by atoms with Gasteiger partial charge in [0.1, 0.15) is 0 Å². The van der Waals surface area contributed by atoms with E-state index >= 15 is 0 Å². The van der Waals surface area contributed by atoms with Crippen LogP contribution in [0.15, 0.2) is 47.5 Å². The first-order chi connectivity index (χ1) is 12.3. The van der Waals surface area contributed by atoms with E-state index in [1.54, 1.807) is 0 Å². The molecule has 4 heteroatoms. The van der Waals surface area contributed by atoms with Crippen LogP contribution in [0.5, 0.6) is 0 Å². The number of allylic oxidation sites excluding steroid dienone is 2. The number of rotatable bonds is 2. The summed E-state index contributed by atoms with van der Waals surface area (Å²) in [5, 5.41) is 0. The second-order valence-electron chi connectivity index (χ2n) is 9.88. The monoisotopic (exact) mass is 492 g/mol. The molecule has 0 N–H and O–H groups in total. The SMILES string of the molecule is CC1=Cc2c(C)cccc2[CH]1[Zr]([CH3])([SiH3])([Cl])([Cl])[CH]1C(C)=Cc2c(C)cccc21. The number of fused-ring (bicyclic) bond motifs is 2.